The molecule has 0 saturated carbocycles. The van der Waals surface area contributed by atoms with Crippen LogP contribution in [0.2, 0.25) is 0 Å². The van der Waals surface area contributed by atoms with Crippen molar-refractivity contribution in [1.82, 2.24) is 14.8 Å². The van der Waals surface area contributed by atoms with Gasteiger partial charge >= 0.3 is 5.69 Å². The molecular weight excluding hydrogens is 384 g/mol. The van der Waals surface area contributed by atoms with Crippen molar-refractivity contribution < 1.29 is 13.5 Å². The molecule has 1 saturated heterocycles. The van der Waals surface area contributed by atoms with Crippen LogP contribution in [0.25, 0.3) is 0 Å². The molecule has 3 aromatic rings. The highest BCUT2D eigenvalue weighted by molar-refractivity contribution is 7.99. The summed E-state index contributed by atoms with van der Waals surface area (Å²) in [5.41, 5.74) is 1.37. The highest BCUT2D eigenvalue weighted by atomic mass is 32.2. The van der Waals surface area contributed by atoms with Crippen molar-refractivity contribution in [3.05, 3.63) is 81.8 Å². The third kappa shape index (κ3) is 4.18. The molecule has 0 unspecified atom stereocenters. The van der Waals surface area contributed by atoms with E-state index >= 15 is 0 Å². The molecule has 146 valence electrons. The van der Waals surface area contributed by atoms with Crippen LogP contribution in [0.3, 0.4) is 0 Å². The largest absolute Gasteiger partial charge is 0.376 e. The summed E-state index contributed by atoms with van der Waals surface area (Å²) < 4.78 is 34.0. The molecule has 0 radical (unpaired) electrons. The Morgan fingerprint density at radius 1 is 1.11 bits per heavy atom. The molecule has 1 aliphatic heterocycles. The third-order valence-electron chi connectivity index (χ3n) is 4.70. The Morgan fingerprint density at radius 2 is 1.71 bits per heavy atom. The second kappa shape index (κ2) is 8.28. The van der Waals surface area contributed by atoms with E-state index in [1.807, 2.05) is 0 Å². The minimum absolute atomic E-state index is 0.00950. The molecule has 8 heteroatoms. The number of benzene rings is 2. The zero-order valence-electron chi connectivity index (χ0n) is 15.0. The fourth-order valence-corrected chi connectivity index (χ4v) is 4.44. The van der Waals surface area contributed by atoms with Crippen LogP contribution in [0, 0.1) is 11.6 Å². The SMILES string of the molecule is O=c1[nH]nc(SC(c2ccc(F)cc2)c2ccc(F)cc2)n1C[C@@H]1CCCO1. The maximum absolute atomic E-state index is 13.4. The smallest absolute Gasteiger partial charge is 0.344 e. The molecule has 0 spiro atoms. The number of H-pyrrole nitrogens is 1. The standard InChI is InChI=1S/C20H19F2N3O2S/c21-15-7-3-13(4-8-15)18(14-5-9-16(22)10-6-14)28-20-24-23-19(26)25(20)12-17-2-1-11-27-17/h3-10,17-18H,1-2,11-12H2,(H,23,26)/t17-/m0/s1. The zero-order valence-corrected chi connectivity index (χ0v) is 15.8. The molecule has 1 fully saturated rings. The quantitative estimate of drug-likeness (QED) is 0.634. The van der Waals surface area contributed by atoms with Gasteiger partial charge in [0.2, 0.25) is 0 Å². The van der Waals surface area contributed by atoms with E-state index in [2.05, 4.69) is 10.2 Å². The predicted octanol–water partition coefficient (Wildman–Crippen LogP) is 3.91. The predicted molar refractivity (Wildman–Crippen MR) is 102 cm³/mol. The summed E-state index contributed by atoms with van der Waals surface area (Å²) in [5.74, 6) is -0.664. The molecule has 1 aromatic heterocycles. The van der Waals surface area contributed by atoms with E-state index in [1.54, 1.807) is 28.8 Å². The first-order valence-electron chi connectivity index (χ1n) is 9.04. The van der Waals surface area contributed by atoms with Crippen LogP contribution in [-0.4, -0.2) is 27.5 Å². The maximum Gasteiger partial charge on any atom is 0.344 e. The third-order valence-corrected chi connectivity index (χ3v) is 6.00. The summed E-state index contributed by atoms with van der Waals surface area (Å²) >= 11 is 1.36. The van der Waals surface area contributed by atoms with Gasteiger partial charge in [-0.1, -0.05) is 36.0 Å². The van der Waals surface area contributed by atoms with Gasteiger partial charge < -0.3 is 4.74 Å². The number of aromatic amines is 1. The fourth-order valence-electron chi connectivity index (χ4n) is 3.26. The fraction of sp³-hybridized carbons (Fsp3) is 0.300. The van der Waals surface area contributed by atoms with Crippen molar-refractivity contribution in [1.29, 1.82) is 0 Å². The lowest BCUT2D eigenvalue weighted by atomic mass is 10.0. The lowest BCUT2D eigenvalue weighted by molar-refractivity contribution is 0.0941. The van der Waals surface area contributed by atoms with Crippen LogP contribution in [-0.2, 0) is 11.3 Å². The molecule has 28 heavy (non-hydrogen) atoms. The molecule has 1 atom stereocenters. The van der Waals surface area contributed by atoms with Crippen molar-refractivity contribution in [3.8, 4) is 0 Å². The summed E-state index contributed by atoms with van der Waals surface area (Å²) in [7, 11) is 0. The molecule has 4 rings (SSSR count). The Bertz CT molecular complexity index is 934. The van der Waals surface area contributed by atoms with E-state index in [0.717, 1.165) is 24.0 Å². The first-order chi connectivity index (χ1) is 13.6. The molecule has 1 N–H and O–H groups in total. The molecule has 2 aromatic carbocycles. The number of aromatic nitrogens is 3. The van der Waals surface area contributed by atoms with Gasteiger partial charge in [0, 0.05) is 6.61 Å². The Kier molecular flexibility index (Phi) is 5.59. The highest BCUT2D eigenvalue weighted by Gasteiger charge is 2.23. The summed E-state index contributed by atoms with van der Waals surface area (Å²) in [6.45, 7) is 1.13. The molecule has 5 nitrogen and oxygen atoms in total. The van der Waals surface area contributed by atoms with E-state index in [1.165, 1.54) is 36.0 Å². The van der Waals surface area contributed by atoms with Gasteiger partial charge in [0.05, 0.1) is 17.9 Å². The van der Waals surface area contributed by atoms with Gasteiger partial charge in [-0.15, -0.1) is 5.10 Å². The Labute approximate surface area is 164 Å². The number of nitrogens with one attached hydrogen (secondary N) is 1. The molecule has 2 heterocycles. The van der Waals surface area contributed by atoms with Crippen molar-refractivity contribution in [3.63, 3.8) is 0 Å². The first-order valence-corrected chi connectivity index (χ1v) is 9.92. The summed E-state index contributed by atoms with van der Waals surface area (Å²) in [6.07, 6.45) is 1.87. The van der Waals surface area contributed by atoms with Crippen molar-refractivity contribution >= 4 is 11.8 Å². The second-order valence-corrected chi connectivity index (χ2v) is 7.73. The number of hydrogen-bond acceptors (Lipinski definition) is 4. The van der Waals surface area contributed by atoms with Crippen LogP contribution in [0.1, 0.15) is 29.2 Å². The average molecular weight is 403 g/mol. The second-order valence-electron chi connectivity index (χ2n) is 6.66. The van der Waals surface area contributed by atoms with Gasteiger partial charge in [-0.25, -0.2) is 18.7 Å². The van der Waals surface area contributed by atoms with Gasteiger partial charge in [-0.2, -0.15) is 0 Å². The Morgan fingerprint density at radius 3 is 2.25 bits per heavy atom. The van der Waals surface area contributed by atoms with E-state index in [0.29, 0.717) is 18.3 Å². The number of hydrogen-bond donors (Lipinski definition) is 1. The maximum atomic E-state index is 13.4. The topological polar surface area (TPSA) is 59.9 Å². The molecule has 1 aliphatic rings. The van der Waals surface area contributed by atoms with Gasteiger partial charge in [-0.05, 0) is 48.2 Å². The summed E-state index contributed by atoms with van der Waals surface area (Å²) in [4.78, 5) is 12.2. The number of thioether (sulfide) groups is 1. The van der Waals surface area contributed by atoms with Crippen LogP contribution in [0.5, 0.6) is 0 Å². The van der Waals surface area contributed by atoms with Gasteiger partial charge in [0.1, 0.15) is 11.6 Å². The van der Waals surface area contributed by atoms with Crippen molar-refractivity contribution in [2.24, 2.45) is 0 Å². The summed E-state index contributed by atoms with van der Waals surface area (Å²) in [5, 5.41) is 6.90. The van der Waals surface area contributed by atoms with E-state index in [-0.39, 0.29) is 28.7 Å². The van der Waals surface area contributed by atoms with Crippen LogP contribution >= 0.6 is 11.8 Å². The first kappa shape index (κ1) is 18.9. The number of ether oxygens (including phenoxy) is 1. The molecule has 0 aliphatic carbocycles. The number of rotatable bonds is 6. The highest BCUT2D eigenvalue weighted by Crippen LogP contribution is 2.39. The van der Waals surface area contributed by atoms with Crippen molar-refractivity contribution in [2.45, 2.75) is 35.9 Å². The van der Waals surface area contributed by atoms with Crippen LogP contribution in [0.4, 0.5) is 8.78 Å². The minimum atomic E-state index is -0.332. The zero-order chi connectivity index (χ0) is 19.5. The lowest BCUT2D eigenvalue weighted by Crippen LogP contribution is -2.25. The number of nitrogens with zero attached hydrogens (tertiary/aromatic N) is 2. The van der Waals surface area contributed by atoms with Crippen LogP contribution in [0.15, 0.2) is 58.5 Å². The Balaban J connectivity index is 1.67. The van der Waals surface area contributed by atoms with Crippen LogP contribution < -0.4 is 5.69 Å². The van der Waals surface area contributed by atoms with Crippen molar-refractivity contribution in [2.75, 3.05) is 6.61 Å². The van der Waals surface area contributed by atoms with E-state index in [4.69, 9.17) is 4.74 Å². The average Bonchev–Trinajstić information content (AvgIpc) is 3.33. The lowest BCUT2D eigenvalue weighted by Gasteiger charge is -2.18. The van der Waals surface area contributed by atoms with E-state index < -0.39 is 0 Å². The van der Waals surface area contributed by atoms with Gasteiger partial charge in [0.25, 0.3) is 0 Å². The van der Waals surface area contributed by atoms with E-state index in [9.17, 15) is 13.6 Å². The number of halogens is 2. The monoisotopic (exact) mass is 403 g/mol. The van der Waals surface area contributed by atoms with Gasteiger partial charge in [-0.3, -0.25) is 4.57 Å². The Hall–Kier alpha value is -2.45. The normalized spacial score (nSPS) is 16.8. The van der Waals surface area contributed by atoms with Gasteiger partial charge in [0.15, 0.2) is 5.16 Å². The summed E-state index contributed by atoms with van der Waals surface area (Å²) in [6, 6.07) is 12.3. The minimum Gasteiger partial charge on any atom is -0.376 e. The molecule has 0 amide bonds. The molecule has 0 bridgehead atoms. The molecular formula is C20H19F2N3O2S.